The number of carbonyl (C=O) groups is 1. The van der Waals surface area contributed by atoms with Crippen molar-refractivity contribution in [3.05, 3.63) is 60.7 Å². The zero-order valence-electron chi connectivity index (χ0n) is 11.1. The second kappa shape index (κ2) is 9.11. The number of hydrogen-bond acceptors (Lipinski definition) is 3. The summed E-state index contributed by atoms with van der Waals surface area (Å²) >= 11 is 0. The molecule has 0 atom stereocenters. The fourth-order valence-electron chi connectivity index (χ4n) is 1.55. The highest BCUT2D eigenvalue weighted by Crippen LogP contribution is 2.09. The monoisotopic (exact) mass is 260 g/mol. The molecule has 19 heavy (non-hydrogen) atoms. The lowest BCUT2D eigenvalue weighted by atomic mass is 10.0. The van der Waals surface area contributed by atoms with Gasteiger partial charge in [-0.2, -0.15) is 0 Å². The molecule has 3 heteroatoms. The maximum Gasteiger partial charge on any atom is 0.330 e. The number of benzene rings is 1. The Bertz CT molecular complexity index is 409. The maximum atomic E-state index is 10.7. The number of carbonyl (C=O) groups excluding carboxylic acids is 1. The fraction of sp³-hybridized carbons (Fsp3) is 0.312. The van der Waals surface area contributed by atoms with Gasteiger partial charge in [-0.3, -0.25) is 0 Å². The average molecular weight is 260 g/mol. The molecular weight excluding hydrogens is 240 g/mol. The van der Waals surface area contributed by atoms with E-state index in [2.05, 4.69) is 25.3 Å². The summed E-state index contributed by atoms with van der Waals surface area (Å²) in [7, 11) is 0. The van der Waals surface area contributed by atoms with Crippen LogP contribution in [0.15, 0.2) is 55.1 Å². The van der Waals surface area contributed by atoms with Crippen LogP contribution in [0, 0.1) is 0 Å². The fourth-order valence-corrected chi connectivity index (χ4v) is 1.55. The highest BCUT2D eigenvalue weighted by atomic mass is 16.6. The van der Waals surface area contributed by atoms with Crippen LogP contribution < -0.4 is 0 Å². The lowest BCUT2D eigenvalue weighted by Gasteiger charge is -2.07. The Hall–Kier alpha value is -1.87. The standard InChI is InChI=1S/C16H20O3/c1-3-16(17)19-12-11-18-10-9-14(2)13-15-7-5-4-6-8-15/h3-8H,1-2,9-13H2. The van der Waals surface area contributed by atoms with Crippen LogP contribution in [-0.2, 0) is 20.7 Å². The van der Waals surface area contributed by atoms with Gasteiger partial charge in [-0.25, -0.2) is 4.79 Å². The predicted molar refractivity (Wildman–Crippen MR) is 75.9 cm³/mol. The Kier molecular flexibility index (Phi) is 7.28. The lowest BCUT2D eigenvalue weighted by molar-refractivity contribution is -0.139. The summed E-state index contributed by atoms with van der Waals surface area (Å²) in [6.07, 6.45) is 2.82. The van der Waals surface area contributed by atoms with Gasteiger partial charge < -0.3 is 9.47 Å². The normalized spacial score (nSPS) is 9.89. The van der Waals surface area contributed by atoms with E-state index in [4.69, 9.17) is 9.47 Å². The van der Waals surface area contributed by atoms with Crippen molar-refractivity contribution in [1.29, 1.82) is 0 Å². The summed E-state index contributed by atoms with van der Waals surface area (Å²) in [5.41, 5.74) is 2.39. The Morgan fingerprint density at radius 3 is 2.58 bits per heavy atom. The highest BCUT2D eigenvalue weighted by molar-refractivity contribution is 5.81. The molecule has 3 nitrogen and oxygen atoms in total. The number of hydrogen-bond donors (Lipinski definition) is 0. The lowest BCUT2D eigenvalue weighted by Crippen LogP contribution is -2.09. The molecule has 0 bridgehead atoms. The Morgan fingerprint density at radius 2 is 1.89 bits per heavy atom. The molecule has 0 amide bonds. The van der Waals surface area contributed by atoms with Gasteiger partial charge in [-0.1, -0.05) is 49.1 Å². The van der Waals surface area contributed by atoms with E-state index in [0.29, 0.717) is 13.2 Å². The van der Waals surface area contributed by atoms with Gasteiger partial charge >= 0.3 is 5.97 Å². The van der Waals surface area contributed by atoms with Gasteiger partial charge in [0.25, 0.3) is 0 Å². The number of rotatable bonds is 9. The minimum Gasteiger partial charge on any atom is -0.460 e. The molecule has 0 fully saturated rings. The first-order chi connectivity index (χ1) is 9.22. The van der Waals surface area contributed by atoms with E-state index in [1.54, 1.807) is 0 Å². The minimum absolute atomic E-state index is 0.260. The molecule has 102 valence electrons. The Morgan fingerprint density at radius 1 is 1.16 bits per heavy atom. The van der Waals surface area contributed by atoms with E-state index in [9.17, 15) is 4.79 Å². The number of ether oxygens (including phenoxy) is 2. The third-order valence-corrected chi connectivity index (χ3v) is 2.54. The Balaban J connectivity index is 2.05. The molecule has 1 aromatic carbocycles. The van der Waals surface area contributed by atoms with Gasteiger partial charge in [-0.15, -0.1) is 0 Å². The smallest absolute Gasteiger partial charge is 0.330 e. The Labute approximate surface area is 114 Å². The predicted octanol–water partition coefficient (Wildman–Crippen LogP) is 2.92. The van der Waals surface area contributed by atoms with E-state index in [1.165, 1.54) is 5.56 Å². The van der Waals surface area contributed by atoms with Gasteiger partial charge in [0.1, 0.15) is 6.61 Å². The van der Waals surface area contributed by atoms with Gasteiger partial charge in [0.2, 0.25) is 0 Å². The van der Waals surface area contributed by atoms with Gasteiger partial charge in [0.15, 0.2) is 0 Å². The summed E-state index contributed by atoms with van der Waals surface area (Å²) in [5, 5.41) is 0. The molecule has 0 unspecified atom stereocenters. The van der Waals surface area contributed by atoms with Crippen LogP contribution in [0.25, 0.3) is 0 Å². The molecule has 1 rings (SSSR count). The van der Waals surface area contributed by atoms with Crippen molar-refractivity contribution < 1.29 is 14.3 Å². The summed E-state index contributed by atoms with van der Waals surface area (Å²) in [4.78, 5) is 10.7. The molecule has 0 aliphatic rings. The third kappa shape index (κ3) is 7.21. The number of esters is 1. The molecule has 0 radical (unpaired) electrons. The molecule has 0 heterocycles. The zero-order chi connectivity index (χ0) is 13.9. The summed E-state index contributed by atoms with van der Waals surface area (Å²) < 4.78 is 10.2. The molecular formula is C16H20O3. The van der Waals surface area contributed by atoms with Gasteiger partial charge in [0.05, 0.1) is 13.2 Å². The van der Waals surface area contributed by atoms with Crippen LogP contribution in [0.4, 0.5) is 0 Å². The second-order valence-corrected chi connectivity index (χ2v) is 4.15. The van der Waals surface area contributed by atoms with E-state index < -0.39 is 5.97 Å². The molecule has 0 aromatic heterocycles. The molecule has 1 aromatic rings. The van der Waals surface area contributed by atoms with Crippen molar-refractivity contribution in [2.75, 3.05) is 19.8 Å². The third-order valence-electron chi connectivity index (χ3n) is 2.54. The van der Waals surface area contributed by atoms with E-state index in [0.717, 1.165) is 24.5 Å². The second-order valence-electron chi connectivity index (χ2n) is 4.15. The van der Waals surface area contributed by atoms with E-state index >= 15 is 0 Å². The SMILES string of the molecule is C=CC(=O)OCCOCCC(=C)Cc1ccccc1. The van der Waals surface area contributed by atoms with Crippen molar-refractivity contribution in [3.63, 3.8) is 0 Å². The van der Waals surface area contributed by atoms with Crippen molar-refractivity contribution in [3.8, 4) is 0 Å². The summed E-state index contributed by atoms with van der Waals surface area (Å²) in [5.74, 6) is -0.419. The first kappa shape index (κ1) is 15.2. The average Bonchev–Trinajstić information content (AvgIpc) is 2.43. The van der Waals surface area contributed by atoms with Gasteiger partial charge in [0, 0.05) is 6.08 Å². The van der Waals surface area contributed by atoms with Gasteiger partial charge in [-0.05, 0) is 18.4 Å². The molecule has 0 saturated heterocycles. The molecule has 0 saturated carbocycles. The van der Waals surface area contributed by atoms with Crippen molar-refractivity contribution >= 4 is 5.97 Å². The molecule has 0 aliphatic carbocycles. The van der Waals surface area contributed by atoms with Crippen LogP contribution in [0.1, 0.15) is 12.0 Å². The first-order valence-corrected chi connectivity index (χ1v) is 6.30. The summed E-state index contributed by atoms with van der Waals surface area (Å²) in [6.45, 7) is 8.60. The van der Waals surface area contributed by atoms with Crippen LogP contribution in [-0.4, -0.2) is 25.8 Å². The maximum absolute atomic E-state index is 10.7. The van der Waals surface area contributed by atoms with Crippen LogP contribution in [0.5, 0.6) is 0 Å². The molecule has 0 aliphatic heterocycles. The van der Waals surface area contributed by atoms with E-state index in [-0.39, 0.29) is 6.61 Å². The van der Waals surface area contributed by atoms with Crippen molar-refractivity contribution in [1.82, 2.24) is 0 Å². The van der Waals surface area contributed by atoms with Crippen molar-refractivity contribution in [2.45, 2.75) is 12.8 Å². The molecule has 0 N–H and O–H groups in total. The van der Waals surface area contributed by atoms with Crippen LogP contribution in [0.2, 0.25) is 0 Å². The van der Waals surface area contributed by atoms with Crippen LogP contribution in [0.3, 0.4) is 0 Å². The first-order valence-electron chi connectivity index (χ1n) is 6.30. The largest absolute Gasteiger partial charge is 0.460 e. The van der Waals surface area contributed by atoms with Crippen molar-refractivity contribution in [2.24, 2.45) is 0 Å². The summed E-state index contributed by atoms with van der Waals surface area (Å²) in [6, 6.07) is 10.2. The topological polar surface area (TPSA) is 35.5 Å². The zero-order valence-corrected chi connectivity index (χ0v) is 11.1. The minimum atomic E-state index is -0.419. The van der Waals surface area contributed by atoms with E-state index in [1.807, 2.05) is 18.2 Å². The van der Waals surface area contributed by atoms with Crippen LogP contribution >= 0.6 is 0 Å². The quantitative estimate of drug-likeness (QED) is 0.296. The highest BCUT2D eigenvalue weighted by Gasteiger charge is 1.98. The molecule has 0 spiro atoms.